The maximum absolute atomic E-state index is 12.6. The summed E-state index contributed by atoms with van der Waals surface area (Å²) in [4.78, 5) is 28.6. The van der Waals surface area contributed by atoms with E-state index in [1.807, 2.05) is 37.3 Å². The molecule has 26 heavy (non-hydrogen) atoms. The Hall–Kier alpha value is -3.00. The lowest BCUT2D eigenvalue weighted by Gasteiger charge is -2.01. The van der Waals surface area contributed by atoms with E-state index in [4.69, 9.17) is 4.52 Å². The lowest BCUT2D eigenvalue weighted by molar-refractivity contribution is -0.114. The van der Waals surface area contributed by atoms with Crippen LogP contribution >= 0.6 is 11.3 Å². The smallest absolute Gasteiger partial charge is 0.262 e. The molecule has 3 rings (SSSR count). The quantitative estimate of drug-likeness (QED) is 0.710. The maximum Gasteiger partial charge on any atom is 0.262 e. The fourth-order valence-electron chi connectivity index (χ4n) is 2.52. The van der Waals surface area contributed by atoms with Crippen molar-refractivity contribution in [1.29, 1.82) is 0 Å². The third kappa shape index (κ3) is 3.65. The van der Waals surface area contributed by atoms with Crippen molar-refractivity contribution in [3.63, 3.8) is 0 Å². The number of rotatable bonds is 5. The van der Waals surface area contributed by atoms with E-state index in [9.17, 15) is 9.59 Å². The molecule has 0 aliphatic rings. The van der Waals surface area contributed by atoms with Crippen molar-refractivity contribution in [2.75, 3.05) is 10.6 Å². The summed E-state index contributed by atoms with van der Waals surface area (Å²) in [5.74, 6) is -0.0727. The lowest BCUT2D eigenvalue weighted by Crippen LogP contribution is -2.14. The highest BCUT2D eigenvalue weighted by Crippen LogP contribution is 2.36. The van der Waals surface area contributed by atoms with Gasteiger partial charge in [-0.15, -0.1) is 0 Å². The van der Waals surface area contributed by atoms with E-state index >= 15 is 0 Å². The highest BCUT2D eigenvalue weighted by molar-refractivity contribution is 7.20. The summed E-state index contributed by atoms with van der Waals surface area (Å²) in [5, 5.41) is 10.4. The van der Waals surface area contributed by atoms with E-state index in [0.717, 1.165) is 5.56 Å². The number of carbonyl (C=O) groups excluding carboxylic acids is 2. The monoisotopic (exact) mass is 370 g/mol. The molecule has 0 spiro atoms. The van der Waals surface area contributed by atoms with Gasteiger partial charge in [-0.25, -0.2) is 4.98 Å². The molecule has 0 unspecified atom stereocenters. The largest absolute Gasteiger partial charge is 0.361 e. The van der Waals surface area contributed by atoms with Crippen molar-refractivity contribution in [1.82, 2.24) is 10.1 Å². The number of thiazole rings is 1. The summed E-state index contributed by atoms with van der Waals surface area (Å²) in [5.41, 5.74) is 2.48. The second kappa shape index (κ2) is 7.49. The van der Waals surface area contributed by atoms with Gasteiger partial charge in [-0.3, -0.25) is 14.9 Å². The number of aryl methyl sites for hydroxylation is 2. The SMILES string of the molecule is CCc1noc(C)c1C(=O)Nc1nc(-c2ccccc2)c(NC(C)=O)s1. The molecular weight excluding hydrogens is 352 g/mol. The zero-order chi connectivity index (χ0) is 18.7. The number of nitrogens with zero attached hydrogens (tertiary/aromatic N) is 2. The standard InChI is InChI=1S/C18H18N4O3S/c1-4-13-14(10(2)25-22-13)16(24)21-18-20-15(12-8-6-5-7-9-12)17(26-18)19-11(3)23/h5-9H,4H2,1-3H3,(H,19,23)(H,20,21,24). The van der Waals surface area contributed by atoms with Gasteiger partial charge in [-0.05, 0) is 13.3 Å². The fraction of sp³-hybridized carbons (Fsp3) is 0.222. The predicted molar refractivity (Wildman–Crippen MR) is 100 cm³/mol. The molecule has 0 fully saturated rings. The first-order valence-electron chi connectivity index (χ1n) is 8.10. The third-order valence-corrected chi connectivity index (χ3v) is 4.57. The summed E-state index contributed by atoms with van der Waals surface area (Å²) in [6.07, 6.45) is 0.588. The summed E-state index contributed by atoms with van der Waals surface area (Å²) in [6.45, 7) is 5.03. The Morgan fingerprint density at radius 1 is 1.19 bits per heavy atom. The zero-order valence-electron chi connectivity index (χ0n) is 14.6. The molecule has 0 aliphatic carbocycles. The van der Waals surface area contributed by atoms with Gasteiger partial charge < -0.3 is 9.84 Å². The number of hydrogen-bond donors (Lipinski definition) is 2. The van der Waals surface area contributed by atoms with Crippen molar-refractivity contribution >= 4 is 33.3 Å². The number of anilines is 2. The Balaban J connectivity index is 1.93. The summed E-state index contributed by atoms with van der Waals surface area (Å²) < 4.78 is 5.11. The molecule has 0 aliphatic heterocycles. The van der Waals surface area contributed by atoms with Gasteiger partial charge >= 0.3 is 0 Å². The molecule has 2 heterocycles. The van der Waals surface area contributed by atoms with Crippen LogP contribution in [0.4, 0.5) is 10.1 Å². The van der Waals surface area contributed by atoms with Crippen molar-refractivity contribution in [3.8, 4) is 11.3 Å². The molecule has 0 bridgehead atoms. The molecule has 2 N–H and O–H groups in total. The molecule has 134 valence electrons. The Morgan fingerprint density at radius 2 is 1.92 bits per heavy atom. The van der Waals surface area contributed by atoms with Gasteiger partial charge in [0.2, 0.25) is 5.91 Å². The Kier molecular flexibility index (Phi) is 5.13. The van der Waals surface area contributed by atoms with Crippen molar-refractivity contribution in [2.24, 2.45) is 0 Å². The predicted octanol–water partition coefficient (Wildman–Crippen LogP) is 3.88. The number of aromatic nitrogens is 2. The van der Waals surface area contributed by atoms with Crippen LogP contribution in [0.3, 0.4) is 0 Å². The topological polar surface area (TPSA) is 97.1 Å². The first kappa shape index (κ1) is 17.8. The maximum atomic E-state index is 12.6. The molecule has 0 saturated heterocycles. The minimum atomic E-state index is -0.330. The number of hydrogen-bond acceptors (Lipinski definition) is 6. The Labute approximate surface area is 154 Å². The molecule has 2 aromatic heterocycles. The second-order valence-electron chi connectivity index (χ2n) is 5.61. The number of benzene rings is 1. The molecular formula is C18H18N4O3S. The normalized spacial score (nSPS) is 10.6. The van der Waals surface area contributed by atoms with Crippen LogP contribution in [-0.2, 0) is 11.2 Å². The van der Waals surface area contributed by atoms with Crippen LogP contribution in [0.2, 0.25) is 0 Å². The molecule has 3 aromatic rings. The van der Waals surface area contributed by atoms with Crippen molar-refractivity contribution in [3.05, 3.63) is 47.3 Å². The van der Waals surface area contributed by atoms with E-state index in [2.05, 4.69) is 20.8 Å². The zero-order valence-corrected chi connectivity index (χ0v) is 15.4. The Morgan fingerprint density at radius 3 is 2.58 bits per heavy atom. The Bertz CT molecular complexity index is 947. The van der Waals surface area contributed by atoms with Crippen LogP contribution in [0.15, 0.2) is 34.9 Å². The molecule has 1 aromatic carbocycles. The molecule has 0 atom stereocenters. The van der Waals surface area contributed by atoms with Crippen LogP contribution in [0.5, 0.6) is 0 Å². The number of amides is 2. The van der Waals surface area contributed by atoms with Crippen LogP contribution in [-0.4, -0.2) is 22.0 Å². The van der Waals surface area contributed by atoms with E-state index in [-0.39, 0.29) is 11.8 Å². The van der Waals surface area contributed by atoms with E-state index in [1.165, 1.54) is 18.3 Å². The van der Waals surface area contributed by atoms with Gasteiger partial charge in [0.1, 0.15) is 22.0 Å². The summed E-state index contributed by atoms with van der Waals surface area (Å²) in [6, 6.07) is 9.46. The van der Waals surface area contributed by atoms with Gasteiger partial charge in [0, 0.05) is 12.5 Å². The summed E-state index contributed by atoms with van der Waals surface area (Å²) in [7, 11) is 0. The summed E-state index contributed by atoms with van der Waals surface area (Å²) >= 11 is 1.20. The van der Waals surface area contributed by atoms with Crippen molar-refractivity contribution in [2.45, 2.75) is 27.2 Å². The molecule has 8 heteroatoms. The first-order valence-corrected chi connectivity index (χ1v) is 8.91. The number of nitrogens with one attached hydrogen (secondary N) is 2. The molecule has 0 saturated carbocycles. The van der Waals surface area contributed by atoms with Crippen LogP contribution < -0.4 is 10.6 Å². The van der Waals surface area contributed by atoms with Crippen LogP contribution in [0.1, 0.15) is 35.7 Å². The minimum absolute atomic E-state index is 0.202. The molecule has 0 radical (unpaired) electrons. The second-order valence-corrected chi connectivity index (χ2v) is 6.61. The van der Waals surface area contributed by atoms with E-state index in [0.29, 0.717) is 39.3 Å². The van der Waals surface area contributed by atoms with Crippen molar-refractivity contribution < 1.29 is 14.1 Å². The van der Waals surface area contributed by atoms with Gasteiger partial charge in [0.05, 0.1) is 5.69 Å². The number of carbonyl (C=O) groups is 2. The highest BCUT2D eigenvalue weighted by Gasteiger charge is 2.22. The third-order valence-electron chi connectivity index (χ3n) is 3.68. The average Bonchev–Trinajstić information content (AvgIpc) is 3.18. The van der Waals surface area contributed by atoms with Gasteiger partial charge in [0.15, 0.2) is 5.13 Å². The van der Waals surface area contributed by atoms with Crippen LogP contribution in [0, 0.1) is 6.92 Å². The highest BCUT2D eigenvalue weighted by atomic mass is 32.1. The average molecular weight is 370 g/mol. The molecule has 7 nitrogen and oxygen atoms in total. The minimum Gasteiger partial charge on any atom is -0.361 e. The van der Waals surface area contributed by atoms with Gasteiger partial charge in [-0.2, -0.15) is 0 Å². The molecule has 2 amide bonds. The van der Waals surface area contributed by atoms with E-state index in [1.54, 1.807) is 6.92 Å². The van der Waals surface area contributed by atoms with E-state index < -0.39 is 0 Å². The lowest BCUT2D eigenvalue weighted by atomic mass is 10.1. The van der Waals surface area contributed by atoms with Gasteiger partial charge in [0.25, 0.3) is 5.91 Å². The first-order chi connectivity index (χ1) is 12.5. The fourth-order valence-corrected chi connectivity index (χ4v) is 3.45. The van der Waals surface area contributed by atoms with Crippen LogP contribution in [0.25, 0.3) is 11.3 Å². The van der Waals surface area contributed by atoms with Gasteiger partial charge in [-0.1, -0.05) is 53.7 Å².